The van der Waals surface area contributed by atoms with Gasteiger partial charge in [-0.3, -0.25) is 4.79 Å². The summed E-state index contributed by atoms with van der Waals surface area (Å²) in [7, 11) is 0. The predicted molar refractivity (Wildman–Crippen MR) is 144 cm³/mol. The second kappa shape index (κ2) is 11.2. The number of nitrogens with zero attached hydrogens (tertiary/aromatic N) is 2. The molecule has 0 fully saturated rings. The maximum Gasteiger partial charge on any atom is 0.251 e. The number of fused-ring (bicyclic) bond motifs is 1. The van der Waals surface area contributed by atoms with Crippen molar-refractivity contribution in [3.63, 3.8) is 0 Å². The van der Waals surface area contributed by atoms with Gasteiger partial charge in [-0.25, -0.2) is 4.98 Å². The van der Waals surface area contributed by atoms with Gasteiger partial charge in [-0.05, 0) is 66.8 Å². The third kappa shape index (κ3) is 5.63. The van der Waals surface area contributed by atoms with Crippen LogP contribution in [0, 0.1) is 0 Å². The SMILES string of the molecule is CSc1ccc(CNC(=O)c2ccc3c(c2)OCCCN3c2ccc(Oc3ccccc3)nc2)cc1. The smallest absolute Gasteiger partial charge is 0.251 e. The average molecular weight is 498 g/mol. The number of benzene rings is 3. The summed E-state index contributed by atoms with van der Waals surface area (Å²) < 4.78 is 11.8. The second-order valence-corrected chi connectivity index (χ2v) is 9.22. The van der Waals surface area contributed by atoms with Gasteiger partial charge < -0.3 is 19.7 Å². The van der Waals surface area contributed by atoms with Crippen LogP contribution in [-0.2, 0) is 6.54 Å². The van der Waals surface area contributed by atoms with Crippen LogP contribution in [0.5, 0.6) is 17.4 Å². The van der Waals surface area contributed by atoms with Gasteiger partial charge in [-0.2, -0.15) is 0 Å². The highest BCUT2D eigenvalue weighted by Gasteiger charge is 2.20. The van der Waals surface area contributed by atoms with E-state index in [1.165, 1.54) is 4.90 Å². The number of thioether (sulfide) groups is 1. The van der Waals surface area contributed by atoms with Crippen molar-refractivity contribution in [2.45, 2.75) is 17.9 Å². The first-order valence-electron chi connectivity index (χ1n) is 11.8. The molecule has 5 rings (SSSR count). The Morgan fingerprint density at radius 3 is 2.64 bits per heavy atom. The summed E-state index contributed by atoms with van der Waals surface area (Å²) >= 11 is 1.70. The van der Waals surface area contributed by atoms with Crippen LogP contribution >= 0.6 is 11.8 Å². The van der Waals surface area contributed by atoms with Gasteiger partial charge in [0.05, 0.1) is 24.2 Å². The number of pyridine rings is 1. The number of rotatable bonds is 7. The van der Waals surface area contributed by atoms with E-state index in [0.29, 0.717) is 30.3 Å². The molecule has 1 aliphatic rings. The molecule has 1 amide bonds. The average Bonchev–Trinajstić information content (AvgIpc) is 3.15. The molecule has 0 aliphatic carbocycles. The van der Waals surface area contributed by atoms with Crippen molar-refractivity contribution >= 4 is 29.0 Å². The molecule has 0 saturated heterocycles. The van der Waals surface area contributed by atoms with Crippen molar-refractivity contribution in [3.8, 4) is 17.4 Å². The molecular weight excluding hydrogens is 470 g/mol. The molecule has 7 heteroatoms. The summed E-state index contributed by atoms with van der Waals surface area (Å²) in [6.45, 7) is 1.84. The van der Waals surface area contributed by atoms with E-state index in [1.807, 2.05) is 79.1 Å². The number of anilines is 2. The predicted octanol–water partition coefficient (Wildman–Crippen LogP) is 6.45. The van der Waals surface area contributed by atoms with Crippen LogP contribution in [-0.4, -0.2) is 30.3 Å². The van der Waals surface area contributed by atoms with E-state index in [9.17, 15) is 4.79 Å². The summed E-state index contributed by atoms with van der Waals surface area (Å²) in [6, 6.07) is 27.2. The molecule has 36 heavy (non-hydrogen) atoms. The van der Waals surface area contributed by atoms with E-state index < -0.39 is 0 Å². The number of para-hydroxylation sites is 1. The molecule has 0 bridgehead atoms. The van der Waals surface area contributed by atoms with Crippen LogP contribution < -0.4 is 19.7 Å². The molecule has 0 saturated carbocycles. The number of carbonyl (C=O) groups is 1. The first-order valence-corrected chi connectivity index (χ1v) is 13.1. The molecule has 1 aromatic heterocycles. The van der Waals surface area contributed by atoms with Crippen LogP contribution in [0.2, 0.25) is 0 Å². The zero-order valence-corrected chi connectivity index (χ0v) is 20.8. The molecule has 0 spiro atoms. The van der Waals surface area contributed by atoms with Gasteiger partial charge in [0.2, 0.25) is 5.88 Å². The van der Waals surface area contributed by atoms with Crippen molar-refractivity contribution in [3.05, 3.63) is 102 Å². The molecule has 4 aromatic rings. The van der Waals surface area contributed by atoms with E-state index in [2.05, 4.69) is 27.3 Å². The molecular formula is C29H27N3O3S. The van der Waals surface area contributed by atoms with Crippen molar-refractivity contribution in [1.29, 1.82) is 0 Å². The quantitative estimate of drug-likeness (QED) is 0.296. The summed E-state index contributed by atoms with van der Waals surface area (Å²) in [5.41, 5.74) is 3.48. The fourth-order valence-corrected chi connectivity index (χ4v) is 4.43. The standard InChI is InChI=1S/C29H27N3O3S/c1-36-25-12-8-21(9-13-25)19-31-29(33)22-10-14-26-27(18-22)34-17-5-16-32(26)23-11-15-28(30-20-23)35-24-6-3-2-4-7-24/h2-4,6-15,18,20H,5,16-17,19H2,1H3,(H,31,33). The third-order valence-electron chi connectivity index (χ3n) is 5.91. The lowest BCUT2D eigenvalue weighted by atomic mass is 10.1. The van der Waals surface area contributed by atoms with E-state index in [0.717, 1.165) is 35.7 Å². The van der Waals surface area contributed by atoms with Gasteiger partial charge in [0.1, 0.15) is 11.5 Å². The summed E-state index contributed by atoms with van der Waals surface area (Å²) in [5.74, 6) is 1.84. The molecule has 0 atom stereocenters. The van der Waals surface area contributed by atoms with Gasteiger partial charge in [-0.15, -0.1) is 11.8 Å². The fraction of sp³-hybridized carbons (Fsp3) is 0.172. The molecule has 1 aliphatic heterocycles. The highest BCUT2D eigenvalue weighted by atomic mass is 32.2. The lowest BCUT2D eigenvalue weighted by molar-refractivity contribution is 0.0950. The van der Waals surface area contributed by atoms with Crippen LogP contribution in [0.25, 0.3) is 0 Å². The van der Waals surface area contributed by atoms with Crippen LogP contribution in [0.3, 0.4) is 0 Å². The van der Waals surface area contributed by atoms with E-state index in [4.69, 9.17) is 9.47 Å². The Kier molecular flexibility index (Phi) is 7.38. The highest BCUT2D eigenvalue weighted by molar-refractivity contribution is 7.98. The summed E-state index contributed by atoms with van der Waals surface area (Å²) in [6.07, 6.45) is 4.70. The van der Waals surface area contributed by atoms with E-state index in [-0.39, 0.29) is 5.91 Å². The summed E-state index contributed by atoms with van der Waals surface area (Å²) in [4.78, 5) is 20.7. The normalized spacial score (nSPS) is 12.8. The number of carbonyl (C=O) groups excluding carboxylic acids is 1. The largest absolute Gasteiger partial charge is 0.491 e. The van der Waals surface area contributed by atoms with Gasteiger partial charge in [0, 0.05) is 29.6 Å². The lowest BCUT2D eigenvalue weighted by Crippen LogP contribution is -2.23. The Morgan fingerprint density at radius 1 is 1.06 bits per heavy atom. The van der Waals surface area contributed by atoms with Gasteiger partial charge in [-0.1, -0.05) is 30.3 Å². The molecule has 1 N–H and O–H groups in total. The Balaban J connectivity index is 1.29. The number of hydrogen-bond acceptors (Lipinski definition) is 6. The minimum absolute atomic E-state index is 0.129. The molecule has 0 radical (unpaired) electrons. The Labute approximate surface area is 215 Å². The molecule has 6 nitrogen and oxygen atoms in total. The first-order chi connectivity index (χ1) is 17.7. The topological polar surface area (TPSA) is 63.7 Å². The number of amides is 1. The molecule has 3 aromatic carbocycles. The second-order valence-electron chi connectivity index (χ2n) is 8.34. The monoisotopic (exact) mass is 497 g/mol. The molecule has 2 heterocycles. The van der Waals surface area contributed by atoms with Crippen molar-refractivity contribution in [2.75, 3.05) is 24.3 Å². The van der Waals surface area contributed by atoms with Crippen molar-refractivity contribution < 1.29 is 14.3 Å². The van der Waals surface area contributed by atoms with Crippen LogP contribution in [0.15, 0.2) is 96.0 Å². The lowest BCUT2D eigenvalue weighted by Gasteiger charge is -2.24. The zero-order valence-electron chi connectivity index (χ0n) is 20.0. The van der Waals surface area contributed by atoms with Crippen molar-refractivity contribution in [2.24, 2.45) is 0 Å². The number of hydrogen-bond donors (Lipinski definition) is 1. The first kappa shape index (κ1) is 23.8. The van der Waals surface area contributed by atoms with Crippen LogP contribution in [0.1, 0.15) is 22.3 Å². The maximum absolute atomic E-state index is 12.8. The Hall–Kier alpha value is -3.97. The zero-order chi connectivity index (χ0) is 24.7. The maximum atomic E-state index is 12.8. The van der Waals surface area contributed by atoms with Crippen molar-refractivity contribution in [1.82, 2.24) is 10.3 Å². The molecule has 0 unspecified atom stereocenters. The number of aromatic nitrogens is 1. The van der Waals surface area contributed by atoms with Gasteiger partial charge in [0.25, 0.3) is 5.91 Å². The number of nitrogens with one attached hydrogen (secondary N) is 1. The van der Waals surface area contributed by atoms with E-state index in [1.54, 1.807) is 18.0 Å². The van der Waals surface area contributed by atoms with Gasteiger partial charge in [0.15, 0.2) is 0 Å². The Bertz CT molecular complexity index is 1310. The summed E-state index contributed by atoms with van der Waals surface area (Å²) in [5, 5.41) is 3.01. The van der Waals surface area contributed by atoms with Crippen LogP contribution in [0.4, 0.5) is 11.4 Å². The van der Waals surface area contributed by atoms with E-state index >= 15 is 0 Å². The minimum Gasteiger partial charge on any atom is -0.491 e. The third-order valence-corrected chi connectivity index (χ3v) is 6.65. The highest BCUT2D eigenvalue weighted by Crippen LogP contribution is 2.37. The fourth-order valence-electron chi connectivity index (χ4n) is 4.02. The minimum atomic E-state index is -0.129. The number of ether oxygens (including phenoxy) is 2. The van der Waals surface area contributed by atoms with Gasteiger partial charge >= 0.3 is 0 Å². The Morgan fingerprint density at radius 2 is 1.89 bits per heavy atom. The molecule has 182 valence electrons.